The second kappa shape index (κ2) is 6.29. The number of carbonyl (C=O) groups excluding carboxylic acids is 1. The highest BCUT2D eigenvalue weighted by Gasteiger charge is 2.36. The number of rotatable bonds is 6. The molecule has 1 aliphatic heterocycles. The van der Waals surface area contributed by atoms with Gasteiger partial charge in [0.2, 0.25) is 0 Å². The van der Waals surface area contributed by atoms with Gasteiger partial charge in [-0.15, -0.1) is 0 Å². The van der Waals surface area contributed by atoms with Crippen molar-refractivity contribution >= 4 is 5.78 Å². The van der Waals surface area contributed by atoms with Crippen LogP contribution in [0.5, 0.6) is 11.5 Å². The predicted molar refractivity (Wildman–Crippen MR) is 79.7 cm³/mol. The molecule has 1 aromatic rings. The van der Waals surface area contributed by atoms with Crippen LogP contribution in [0.3, 0.4) is 0 Å². The van der Waals surface area contributed by atoms with Crippen molar-refractivity contribution in [2.24, 2.45) is 0 Å². The molecule has 1 heterocycles. The molecule has 110 valence electrons. The van der Waals surface area contributed by atoms with Crippen LogP contribution in [0.4, 0.5) is 0 Å². The van der Waals surface area contributed by atoms with Crippen LogP contribution >= 0.6 is 0 Å². The second-order valence-corrected chi connectivity index (χ2v) is 5.82. The fourth-order valence-electron chi connectivity index (χ4n) is 2.74. The van der Waals surface area contributed by atoms with Gasteiger partial charge in [-0.2, -0.15) is 0 Å². The molecule has 0 bridgehead atoms. The fraction of sp³-hybridized carbons (Fsp3) is 0.588. The number of benzene rings is 1. The number of unbranched alkanes of at least 4 members (excludes halogenated alkanes) is 3. The molecule has 20 heavy (non-hydrogen) atoms. The van der Waals surface area contributed by atoms with Gasteiger partial charge in [-0.3, -0.25) is 4.79 Å². The Morgan fingerprint density at radius 1 is 1.30 bits per heavy atom. The van der Waals surface area contributed by atoms with Crippen molar-refractivity contribution in [2.75, 3.05) is 7.11 Å². The molecule has 1 aliphatic rings. The van der Waals surface area contributed by atoms with Gasteiger partial charge in [-0.25, -0.2) is 0 Å². The van der Waals surface area contributed by atoms with Gasteiger partial charge >= 0.3 is 0 Å². The lowest BCUT2D eigenvalue weighted by atomic mass is 9.87. The van der Waals surface area contributed by atoms with E-state index < -0.39 is 0 Å². The van der Waals surface area contributed by atoms with Crippen molar-refractivity contribution in [1.29, 1.82) is 0 Å². The van der Waals surface area contributed by atoms with E-state index in [1.807, 2.05) is 19.1 Å². The summed E-state index contributed by atoms with van der Waals surface area (Å²) in [5.41, 5.74) is 0.294. The Hall–Kier alpha value is -1.51. The highest BCUT2D eigenvalue weighted by Crippen LogP contribution is 2.37. The number of hydrogen-bond acceptors (Lipinski definition) is 3. The van der Waals surface area contributed by atoms with Crippen LogP contribution in [-0.2, 0) is 0 Å². The van der Waals surface area contributed by atoms with Gasteiger partial charge in [0.1, 0.15) is 17.1 Å². The van der Waals surface area contributed by atoms with E-state index in [1.54, 1.807) is 13.2 Å². The molecule has 0 aromatic heterocycles. The zero-order valence-corrected chi connectivity index (χ0v) is 12.7. The van der Waals surface area contributed by atoms with E-state index >= 15 is 0 Å². The molecule has 0 amide bonds. The van der Waals surface area contributed by atoms with Crippen LogP contribution in [0, 0.1) is 0 Å². The number of ether oxygens (including phenoxy) is 2. The first-order valence-corrected chi connectivity index (χ1v) is 7.48. The van der Waals surface area contributed by atoms with Gasteiger partial charge in [0.05, 0.1) is 19.1 Å². The van der Waals surface area contributed by atoms with Crippen LogP contribution < -0.4 is 9.47 Å². The molecule has 2 rings (SSSR count). The molecule has 3 nitrogen and oxygen atoms in total. The molecule has 3 heteroatoms. The predicted octanol–water partition coefficient (Wildman–Crippen LogP) is 4.39. The van der Waals surface area contributed by atoms with Crippen molar-refractivity contribution in [3.05, 3.63) is 23.8 Å². The number of ketones is 1. The third kappa shape index (κ3) is 3.33. The standard InChI is InChI=1S/C17H24O3/c1-4-5-6-7-10-17(2)12-15(18)14-11-13(19-3)8-9-16(14)20-17/h8-9,11H,4-7,10,12H2,1-3H3. The van der Waals surface area contributed by atoms with Crippen LogP contribution in [0.2, 0.25) is 0 Å². The van der Waals surface area contributed by atoms with Crippen molar-refractivity contribution in [3.8, 4) is 11.5 Å². The van der Waals surface area contributed by atoms with Crippen LogP contribution in [-0.4, -0.2) is 18.5 Å². The molecular weight excluding hydrogens is 252 g/mol. The summed E-state index contributed by atoms with van der Waals surface area (Å²) < 4.78 is 11.3. The van der Waals surface area contributed by atoms with Gasteiger partial charge in [0, 0.05) is 0 Å². The molecular formula is C17H24O3. The Morgan fingerprint density at radius 2 is 2.10 bits per heavy atom. The second-order valence-electron chi connectivity index (χ2n) is 5.82. The van der Waals surface area contributed by atoms with E-state index in [4.69, 9.17) is 9.47 Å². The summed E-state index contributed by atoms with van der Waals surface area (Å²) in [5.74, 6) is 1.55. The minimum Gasteiger partial charge on any atom is -0.497 e. The summed E-state index contributed by atoms with van der Waals surface area (Å²) in [6.45, 7) is 4.25. The summed E-state index contributed by atoms with van der Waals surface area (Å²) in [6, 6.07) is 5.46. The fourth-order valence-corrected chi connectivity index (χ4v) is 2.74. The molecule has 0 fully saturated rings. The zero-order valence-electron chi connectivity index (χ0n) is 12.7. The Balaban J connectivity index is 2.08. The first-order chi connectivity index (χ1) is 9.58. The smallest absolute Gasteiger partial charge is 0.170 e. The molecule has 0 N–H and O–H groups in total. The topological polar surface area (TPSA) is 35.5 Å². The molecule has 0 saturated heterocycles. The molecule has 1 aromatic carbocycles. The molecule has 0 aliphatic carbocycles. The van der Waals surface area contributed by atoms with E-state index in [1.165, 1.54) is 19.3 Å². The van der Waals surface area contributed by atoms with Gasteiger partial charge in [0.25, 0.3) is 0 Å². The summed E-state index contributed by atoms with van der Waals surface area (Å²) >= 11 is 0. The van der Waals surface area contributed by atoms with Gasteiger partial charge in [-0.1, -0.05) is 26.2 Å². The van der Waals surface area contributed by atoms with Crippen molar-refractivity contribution in [1.82, 2.24) is 0 Å². The SMILES string of the molecule is CCCCCCC1(C)CC(=O)c2cc(OC)ccc2O1. The number of Topliss-reactive ketones (excluding diaryl/α,β-unsaturated/α-hetero) is 1. The molecule has 1 unspecified atom stereocenters. The first-order valence-electron chi connectivity index (χ1n) is 7.48. The highest BCUT2D eigenvalue weighted by atomic mass is 16.5. The Kier molecular flexibility index (Phi) is 4.69. The summed E-state index contributed by atoms with van der Waals surface area (Å²) in [7, 11) is 1.60. The Morgan fingerprint density at radius 3 is 2.80 bits per heavy atom. The van der Waals surface area contributed by atoms with E-state index in [-0.39, 0.29) is 11.4 Å². The normalized spacial score (nSPS) is 21.2. The monoisotopic (exact) mass is 276 g/mol. The number of hydrogen-bond donors (Lipinski definition) is 0. The lowest BCUT2D eigenvalue weighted by molar-refractivity contribution is 0.0452. The first kappa shape index (κ1) is 14.9. The molecule has 0 saturated carbocycles. The van der Waals surface area contributed by atoms with E-state index in [0.717, 1.165) is 12.8 Å². The van der Waals surface area contributed by atoms with E-state index in [0.29, 0.717) is 23.5 Å². The number of carbonyl (C=O) groups is 1. The van der Waals surface area contributed by atoms with Crippen molar-refractivity contribution < 1.29 is 14.3 Å². The molecule has 0 spiro atoms. The van der Waals surface area contributed by atoms with Crippen molar-refractivity contribution in [2.45, 2.75) is 58.0 Å². The van der Waals surface area contributed by atoms with Gasteiger partial charge in [0.15, 0.2) is 5.78 Å². The quantitative estimate of drug-likeness (QED) is 0.723. The highest BCUT2D eigenvalue weighted by molar-refractivity contribution is 6.00. The summed E-state index contributed by atoms with van der Waals surface area (Å²) in [4.78, 5) is 12.3. The maximum absolute atomic E-state index is 12.3. The molecule has 0 radical (unpaired) electrons. The van der Waals surface area contributed by atoms with Crippen LogP contribution in [0.1, 0.15) is 62.7 Å². The Labute approximate surface area is 121 Å². The summed E-state index contributed by atoms with van der Waals surface area (Å²) in [6.07, 6.45) is 6.18. The third-order valence-electron chi connectivity index (χ3n) is 3.94. The Bertz CT molecular complexity index is 481. The maximum Gasteiger partial charge on any atom is 0.170 e. The number of fused-ring (bicyclic) bond motifs is 1. The average Bonchev–Trinajstić information content (AvgIpc) is 2.43. The van der Waals surface area contributed by atoms with Gasteiger partial charge in [-0.05, 0) is 38.0 Å². The molecule has 1 atom stereocenters. The van der Waals surface area contributed by atoms with Crippen LogP contribution in [0.15, 0.2) is 18.2 Å². The summed E-state index contributed by atoms with van der Waals surface area (Å²) in [5, 5.41) is 0. The lowest BCUT2D eigenvalue weighted by Gasteiger charge is -2.35. The van der Waals surface area contributed by atoms with Gasteiger partial charge < -0.3 is 9.47 Å². The maximum atomic E-state index is 12.3. The largest absolute Gasteiger partial charge is 0.497 e. The van der Waals surface area contributed by atoms with E-state index in [9.17, 15) is 4.79 Å². The zero-order chi connectivity index (χ0) is 14.6. The lowest BCUT2D eigenvalue weighted by Crippen LogP contribution is -2.39. The minimum atomic E-state index is -0.355. The van der Waals surface area contributed by atoms with E-state index in [2.05, 4.69) is 6.92 Å². The average molecular weight is 276 g/mol. The minimum absolute atomic E-state index is 0.156. The third-order valence-corrected chi connectivity index (χ3v) is 3.94. The van der Waals surface area contributed by atoms with Crippen LogP contribution in [0.25, 0.3) is 0 Å². The van der Waals surface area contributed by atoms with Crippen molar-refractivity contribution in [3.63, 3.8) is 0 Å². The number of methoxy groups -OCH3 is 1.